The molecule has 1 fully saturated rings. The van der Waals surface area contributed by atoms with Crippen LogP contribution in [0.15, 0.2) is 24.3 Å². The summed E-state index contributed by atoms with van der Waals surface area (Å²) in [6.45, 7) is 12.9. The summed E-state index contributed by atoms with van der Waals surface area (Å²) in [5, 5.41) is 4.15. The van der Waals surface area contributed by atoms with Gasteiger partial charge in [-0.25, -0.2) is 4.98 Å². The maximum atomic E-state index is 13.8. The average Bonchev–Trinajstić information content (AvgIpc) is 2.85. The molecule has 0 radical (unpaired) electrons. The number of benzene rings is 1. The van der Waals surface area contributed by atoms with Gasteiger partial charge in [-0.15, -0.1) is 0 Å². The Morgan fingerprint density at radius 3 is 2.58 bits per heavy atom. The number of rotatable bonds is 11. The van der Waals surface area contributed by atoms with Crippen LogP contribution in [0.5, 0.6) is 11.5 Å². The van der Waals surface area contributed by atoms with Crippen molar-refractivity contribution in [3.05, 3.63) is 30.0 Å². The number of amides is 1. The molecule has 0 bridgehead atoms. The highest BCUT2D eigenvalue weighted by Gasteiger charge is 2.27. The number of ketones is 1. The highest BCUT2D eigenvalue weighted by atomic mass is 16.5. The van der Waals surface area contributed by atoms with Crippen molar-refractivity contribution in [1.82, 2.24) is 15.2 Å². The number of aromatic nitrogens is 1. The van der Waals surface area contributed by atoms with Gasteiger partial charge in [0.05, 0.1) is 6.61 Å². The van der Waals surface area contributed by atoms with E-state index in [1.807, 2.05) is 51.7 Å². The number of hydrogen-bond acceptors (Lipinski definition) is 7. The fourth-order valence-electron chi connectivity index (χ4n) is 4.16. The van der Waals surface area contributed by atoms with Gasteiger partial charge in [0.1, 0.15) is 35.9 Å². The number of pyridine rings is 1. The number of hydrogen-bond donors (Lipinski definition) is 1. The lowest BCUT2D eigenvalue weighted by Gasteiger charge is -2.32. The van der Waals surface area contributed by atoms with Crippen LogP contribution in [0.2, 0.25) is 0 Å². The molecule has 0 aliphatic carbocycles. The number of methoxy groups -OCH3 is 1. The highest BCUT2D eigenvalue weighted by molar-refractivity contribution is 5.99. The molecular formula is C28H41N3O5. The smallest absolute Gasteiger partial charge is 0.272 e. The molecule has 0 spiro atoms. The quantitative estimate of drug-likeness (QED) is 0.466. The van der Waals surface area contributed by atoms with E-state index in [9.17, 15) is 9.59 Å². The van der Waals surface area contributed by atoms with Crippen molar-refractivity contribution in [2.24, 2.45) is 11.3 Å². The number of carbonyl (C=O) groups is 2. The molecule has 1 aliphatic rings. The number of ether oxygens (including phenoxy) is 3. The standard InChI is InChI=1S/C28H41N3O5/c1-19(2)31(17-20-9-8-12-29-16-20)27(33)22-15-24(35-14-13-34-6)21-10-7-11-23(26(21)30-22)36-18-25(32)28(3,4)5/h7,10-11,15,19-20,29H,8-9,12-14,16-18H2,1-6H3/t20-/m1/s1. The summed E-state index contributed by atoms with van der Waals surface area (Å²) in [6.07, 6.45) is 2.21. The van der Waals surface area contributed by atoms with Gasteiger partial charge in [-0.05, 0) is 57.8 Å². The van der Waals surface area contributed by atoms with E-state index in [0.29, 0.717) is 48.4 Å². The van der Waals surface area contributed by atoms with Crippen molar-refractivity contribution in [3.63, 3.8) is 0 Å². The van der Waals surface area contributed by atoms with Gasteiger partial charge in [0.15, 0.2) is 5.78 Å². The molecule has 1 saturated heterocycles. The third kappa shape index (κ3) is 7.17. The minimum absolute atomic E-state index is 0.0182. The molecule has 1 aliphatic heterocycles. The molecule has 0 saturated carbocycles. The third-order valence-electron chi connectivity index (χ3n) is 6.46. The molecule has 8 nitrogen and oxygen atoms in total. The van der Waals surface area contributed by atoms with Gasteiger partial charge in [-0.1, -0.05) is 26.8 Å². The van der Waals surface area contributed by atoms with E-state index in [1.54, 1.807) is 19.2 Å². The zero-order valence-electron chi connectivity index (χ0n) is 22.6. The lowest BCUT2D eigenvalue weighted by molar-refractivity contribution is -0.128. The van der Waals surface area contributed by atoms with Gasteiger partial charge in [0.25, 0.3) is 5.91 Å². The average molecular weight is 500 g/mol. The van der Waals surface area contributed by atoms with Crippen LogP contribution in [0, 0.1) is 11.3 Å². The van der Waals surface area contributed by atoms with Crippen molar-refractivity contribution < 1.29 is 23.8 Å². The topological polar surface area (TPSA) is 90.0 Å². The third-order valence-corrected chi connectivity index (χ3v) is 6.46. The lowest BCUT2D eigenvalue weighted by atomic mass is 9.91. The number of nitrogens with one attached hydrogen (secondary N) is 1. The Kier molecular flexibility index (Phi) is 9.68. The predicted octanol–water partition coefficient (Wildman–Crippen LogP) is 4.10. The van der Waals surface area contributed by atoms with Gasteiger partial charge in [0, 0.05) is 36.6 Å². The second-order valence-corrected chi connectivity index (χ2v) is 10.7. The van der Waals surface area contributed by atoms with Crippen molar-refractivity contribution in [1.29, 1.82) is 0 Å². The largest absolute Gasteiger partial charge is 0.490 e. The van der Waals surface area contributed by atoms with Crippen molar-refractivity contribution in [3.8, 4) is 11.5 Å². The molecule has 1 amide bonds. The molecule has 36 heavy (non-hydrogen) atoms. The van der Waals surface area contributed by atoms with Crippen LogP contribution in [0.4, 0.5) is 0 Å². The minimum atomic E-state index is -0.515. The van der Waals surface area contributed by atoms with Crippen molar-refractivity contribution in [2.45, 2.75) is 53.5 Å². The second-order valence-electron chi connectivity index (χ2n) is 10.7. The number of carbonyl (C=O) groups excluding carboxylic acids is 2. The molecule has 1 atom stereocenters. The fourth-order valence-corrected chi connectivity index (χ4v) is 4.16. The number of para-hydroxylation sites is 1. The van der Waals surface area contributed by atoms with E-state index in [1.165, 1.54) is 0 Å². The Balaban J connectivity index is 1.98. The Morgan fingerprint density at radius 2 is 1.94 bits per heavy atom. The molecule has 198 valence electrons. The van der Waals surface area contributed by atoms with Gasteiger partial charge in [-0.2, -0.15) is 0 Å². The molecule has 3 rings (SSSR count). The number of nitrogens with zero attached hydrogens (tertiary/aromatic N) is 2. The normalized spacial score (nSPS) is 16.2. The van der Waals surface area contributed by atoms with Crippen LogP contribution in [0.1, 0.15) is 57.9 Å². The summed E-state index contributed by atoms with van der Waals surface area (Å²) in [5.74, 6) is 1.23. The first kappa shape index (κ1) is 27.9. The first-order chi connectivity index (χ1) is 17.1. The lowest BCUT2D eigenvalue weighted by Crippen LogP contribution is -2.44. The SMILES string of the molecule is COCCOc1cc(C(=O)N(C[C@@H]2CCCNC2)C(C)C)nc2c(OCC(=O)C(C)(C)C)cccc12. The summed E-state index contributed by atoms with van der Waals surface area (Å²) in [5.41, 5.74) is 0.283. The molecule has 1 N–H and O–H groups in total. The number of Topliss-reactive ketones (excluding diaryl/α,β-unsaturated/α-hetero) is 1. The molecule has 1 aromatic heterocycles. The molecule has 2 aromatic rings. The van der Waals surface area contributed by atoms with Crippen molar-refractivity contribution in [2.75, 3.05) is 46.6 Å². The van der Waals surface area contributed by atoms with Crippen molar-refractivity contribution >= 4 is 22.6 Å². The highest BCUT2D eigenvalue weighted by Crippen LogP contribution is 2.33. The van der Waals surface area contributed by atoms with Gasteiger partial charge in [-0.3, -0.25) is 9.59 Å². The zero-order chi connectivity index (χ0) is 26.3. The summed E-state index contributed by atoms with van der Waals surface area (Å²) in [6, 6.07) is 7.21. The first-order valence-corrected chi connectivity index (χ1v) is 12.8. The number of piperidine rings is 1. The van der Waals surface area contributed by atoms with E-state index in [-0.39, 0.29) is 24.3 Å². The van der Waals surface area contributed by atoms with Crippen LogP contribution in [-0.4, -0.2) is 74.2 Å². The second kappa shape index (κ2) is 12.5. The predicted molar refractivity (Wildman–Crippen MR) is 141 cm³/mol. The van der Waals surface area contributed by atoms with Crippen LogP contribution >= 0.6 is 0 Å². The van der Waals surface area contributed by atoms with Gasteiger partial charge < -0.3 is 24.4 Å². The Morgan fingerprint density at radius 1 is 1.17 bits per heavy atom. The monoisotopic (exact) mass is 499 g/mol. The maximum Gasteiger partial charge on any atom is 0.272 e. The van der Waals surface area contributed by atoms with Crippen LogP contribution < -0.4 is 14.8 Å². The Labute approximate surface area is 214 Å². The van der Waals surface area contributed by atoms with Crippen LogP contribution in [-0.2, 0) is 9.53 Å². The zero-order valence-corrected chi connectivity index (χ0v) is 22.6. The molecule has 0 unspecified atom stereocenters. The maximum absolute atomic E-state index is 13.8. The number of fused-ring (bicyclic) bond motifs is 1. The fraction of sp³-hybridized carbons (Fsp3) is 0.607. The Hall–Kier alpha value is -2.71. The van der Waals surface area contributed by atoms with E-state index in [2.05, 4.69) is 5.32 Å². The van der Waals surface area contributed by atoms with Crippen LogP contribution in [0.25, 0.3) is 10.9 Å². The van der Waals surface area contributed by atoms with Gasteiger partial charge >= 0.3 is 0 Å². The minimum Gasteiger partial charge on any atom is -0.490 e. The first-order valence-electron chi connectivity index (χ1n) is 12.8. The van der Waals surface area contributed by atoms with E-state index >= 15 is 0 Å². The Bertz CT molecular complexity index is 1040. The van der Waals surface area contributed by atoms with E-state index < -0.39 is 5.41 Å². The molecular weight excluding hydrogens is 458 g/mol. The summed E-state index contributed by atoms with van der Waals surface area (Å²) >= 11 is 0. The summed E-state index contributed by atoms with van der Waals surface area (Å²) < 4.78 is 17.1. The van der Waals surface area contributed by atoms with Gasteiger partial charge in [0.2, 0.25) is 0 Å². The van der Waals surface area contributed by atoms with E-state index in [0.717, 1.165) is 31.3 Å². The summed E-state index contributed by atoms with van der Waals surface area (Å²) in [7, 11) is 1.61. The summed E-state index contributed by atoms with van der Waals surface area (Å²) in [4.78, 5) is 32.9. The molecule has 2 heterocycles. The molecule has 8 heteroatoms. The van der Waals surface area contributed by atoms with E-state index in [4.69, 9.17) is 19.2 Å². The van der Waals surface area contributed by atoms with Crippen LogP contribution in [0.3, 0.4) is 0 Å². The molecule has 1 aromatic carbocycles.